The summed E-state index contributed by atoms with van der Waals surface area (Å²) in [5.41, 5.74) is 0.729. The predicted molar refractivity (Wildman–Crippen MR) is 93.1 cm³/mol. The van der Waals surface area contributed by atoms with Gasteiger partial charge in [-0.3, -0.25) is 4.79 Å². The van der Waals surface area contributed by atoms with Crippen molar-refractivity contribution in [2.45, 2.75) is 57.5 Å². The van der Waals surface area contributed by atoms with Crippen molar-refractivity contribution in [1.29, 1.82) is 0 Å². The summed E-state index contributed by atoms with van der Waals surface area (Å²) in [6.07, 6.45) is -3.88. The number of hydrogen-bond donors (Lipinski definition) is 3. The van der Waals surface area contributed by atoms with Gasteiger partial charge in [0.1, 0.15) is 30.7 Å². The van der Waals surface area contributed by atoms with Gasteiger partial charge in [-0.15, -0.1) is 5.10 Å². The Morgan fingerprint density at radius 3 is 2.71 bits per heavy atom. The number of aromatic nitrogens is 3. The molecule has 0 bridgehead atoms. The molecule has 1 fully saturated rings. The first-order valence-electron chi connectivity index (χ1n) is 9.07. The zero-order chi connectivity index (χ0) is 20.7. The average Bonchev–Trinajstić information content (AvgIpc) is 3.10. The minimum atomic E-state index is -1.54. The first-order chi connectivity index (χ1) is 13.3. The fraction of sp³-hybridized carbons (Fsp3) is 0.765. The summed E-state index contributed by atoms with van der Waals surface area (Å²) in [6.45, 7) is 4.05. The lowest BCUT2D eigenvalue weighted by Crippen LogP contribution is -2.60. The van der Waals surface area contributed by atoms with Crippen LogP contribution in [-0.2, 0) is 36.8 Å². The van der Waals surface area contributed by atoms with Crippen LogP contribution in [0.15, 0.2) is 6.20 Å². The van der Waals surface area contributed by atoms with E-state index < -0.39 is 36.5 Å². The number of ketones is 1. The number of aliphatic hydroxyl groups is 3. The van der Waals surface area contributed by atoms with E-state index in [1.54, 1.807) is 17.8 Å². The van der Waals surface area contributed by atoms with Crippen molar-refractivity contribution in [2.75, 3.05) is 19.8 Å². The maximum atomic E-state index is 11.4. The molecule has 0 radical (unpaired) electrons. The minimum absolute atomic E-state index is 0.0502. The second-order valence-electron chi connectivity index (χ2n) is 6.78. The minimum Gasteiger partial charge on any atom is -0.387 e. The molecule has 1 aliphatic heterocycles. The molecule has 158 valence electrons. The van der Waals surface area contributed by atoms with Gasteiger partial charge in [0.05, 0.1) is 32.1 Å². The van der Waals surface area contributed by atoms with Crippen molar-refractivity contribution >= 4 is 12.1 Å². The molecule has 11 heteroatoms. The Balaban J connectivity index is 1.66. The molecule has 2 heterocycles. The van der Waals surface area contributed by atoms with E-state index >= 15 is 0 Å². The van der Waals surface area contributed by atoms with Crippen LogP contribution < -0.4 is 0 Å². The Morgan fingerprint density at radius 1 is 1.29 bits per heavy atom. The van der Waals surface area contributed by atoms with Crippen molar-refractivity contribution in [3.8, 4) is 0 Å². The molecule has 0 saturated carbocycles. The van der Waals surface area contributed by atoms with Gasteiger partial charge in [-0.05, 0) is 6.92 Å². The maximum absolute atomic E-state index is 11.4. The highest BCUT2D eigenvalue weighted by molar-refractivity contribution is 5.81. The summed E-state index contributed by atoms with van der Waals surface area (Å²) in [4.78, 5) is 22.1. The molecule has 0 amide bonds. The van der Waals surface area contributed by atoms with Crippen LogP contribution in [0, 0.1) is 5.92 Å². The molecule has 1 aromatic heterocycles. The van der Waals surface area contributed by atoms with E-state index in [1.165, 1.54) is 6.92 Å². The molecule has 1 saturated heterocycles. The van der Waals surface area contributed by atoms with Crippen LogP contribution in [0.4, 0.5) is 0 Å². The summed E-state index contributed by atoms with van der Waals surface area (Å²) in [7, 11) is 0. The second kappa shape index (κ2) is 10.7. The van der Waals surface area contributed by atoms with Crippen molar-refractivity contribution < 1.29 is 39.1 Å². The highest BCUT2D eigenvalue weighted by Gasteiger charge is 2.46. The number of nitrogens with zero attached hydrogens (tertiary/aromatic N) is 3. The molecule has 28 heavy (non-hydrogen) atoms. The van der Waals surface area contributed by atoms with Gasteiger partial charge in [0, 0.05) is 18.5 Å². The van der Waals surface area contributed by atoms with Gasteiger partial charge in [0.25, 0.3) is 0 Å². The second-order valence-corrected chi connectivity index (χ2v) is 6.78. The van der Waals surface area contributed by atoms with Gasteiger partial charge in [-0.1, -0.05) is 12.1 Å². The van der Waals surface area contributed by atoms with Gasteiger partial charge in [-0.25, -0.2) is 4.68 Å². The summed E-state index contributed by atoms with van der Waals surface area (Å²) in [5.74, 6) is -0.587. The lowest BCUT2D eigenvalue weighted by molar-refractivity contribution is -0.291. The van der Waals surface area contributed by atoms with Crippen molar-refractivity contribution in [3.05, 3.63) is 11.9 Å². The van der Waals surface area contributed by atoms with Crippen LogP contribution in [0.2, 0.25) is 0 Å². The lowest BCUT2D eigenvalue weighted by atomic mass is 9.97. The number of hydrogen-bond acceptors (Lipinski definition) is 10. The summed E-state index contributed by atoms with van der Waals surface area (Å²) < 4.78 is 17.6. The van der Waals surface area contributed by atoms with Crippen molar-refractivity contribution in [2.24, 2.45) is 5.92 Å². The van der Waals surface area contributed by atoms with Crippen molar-refractivity contribution in [1.82, 2.24) is 15.0 Å². The predicted octanol–water partition coefficient (Wildman–Crippen LogP) is -1.91. The molecule has 0 aliphatic carbocycles. The van der Waals surface area contributed by atoms with Crippen LogP contribution >= 0.6 is 0 Å². The fourth-order valence-corrected chi connectivity index (χ4v) is 2.72. The Hall–Kier alpha value is -1.76. The topological polar surface area (TPSA) is 153 Å². The SMILES string of the molecule is CC(=O)C1OC(OCCOCCn2cc(C[C@H](C)C=O)nn2)[C@@H](O)[C@@H](O)C1O. The molecule has 0 aromatic carbocycles. The zero-order valence-corrected chi connectivity index (χ0v) is 15.9. The number of ether oxygens (including phenoxy) is 3. The molecule has 11 nitrogen and oxygen atoms in total. The van der Waals surface area contributed by atoms with E-state index in [1.807, 2.05) is 0 Å². The highest BCUT2D eigenvalue weighted by Crippen LogP contribution is 2.22. The van der Waals surface area contributed by atoms with Gasteiger partial charge in [0.15, 0.2) is 12.1 Å². The first-order valence-corrected chi connectivity index (χ1v) is 9.07. The lowest BCUT2D eigenvalue weighted by Gasteiger charge is -2.39. The molecule has 2 rings (SSSR count). The van der Waals surface area contributed by atoms with Crippen LogP contribution in [0.3, 0.4) is 0 Å². The van der Waals surface area contributed by atoms with E-state index in [2.05, 4.69) is 10.3 Å². The summed E-state index contributed by atoms with van der Waals surface area (Å²) in [5, 5.41) is 37.4. The molecule has 3 N–H and O–H groups in total. The standard InChI is InChI=1S/C17H27N3O8/c1-10(9-21)7-12-8-20(19-18-12)3-4-26-5-6-27-17-15(25)13(23)14(24)16(28-17)11(2)22/h8-10,13-17,23-25H,3-7H2,1-2H3/t10-,13-,14?,15-,16?,17?/m0/s1. The molecule has 1 aromatic rings. The number of rotatable bonds is 11. The summed E-state index contributed by atoms with van der Waals surface area (Å²) in [6, 6.07) is 0. The molecule has 3 unspecified atom stereocenters. The van der Waals surface area contributed by atoms with Gasteiger partial charge in [-0.2, -0.15) is 0 Å². The third-order valence-electron chi connectivity index (χ3n) is 4.29. The van der Waals surface area contributed by atoms with Crippen LogP contribution in [0.1, 0.15) is 19.5 Å². The Morgan fingerprint density at radius 2 is 2.04 bits per heavy atom. The Labute approximate surface area is 162 Å². The quantitative estimate of drug-likeness (QED) is 0.283. The van der Waals surface area contributed by atoms with E-state index in [0.29, 0.717) is 19.6 Å². The molecule has 1 aliphatic rings. The fourth-order valence-electron chi connectivity index (χ4n) is 2.72. The van der Waals surface area contributed by atoms with Gasteiger partial charge in [0.2, 0.25) is 0 Å². The largest absolute Gasteiger partial charge is 0.387 e. The van der Waals surface area contributed by atoms with Gasteiger partial charge < -0.3 is 34.3 Å². The molecular formula is C17H27N3O8. The van der Waals surface area contributed by atoms with E-state index in [4.69, 9.17) is 14.2 Å². The smallest absolute Gasteiger partial charge is 0.187 e. The maximum Gasteiger partial charge on any atom is 0.187 e. The number of Topliss-reactive ketones (excluding diaryl/α,β-unsaturated/α-hetero) is 1. The normalized spacial score (nSPS) is 28.8. The Kier molecular flexibility index (Phi) is 8.60. The number of carbonyl (C=O) groups excluding carboxylic acids is 2. The van der Waals surface area contributed by atoms with E-state index in [0.717, 1.165) is 12.0 Å². The van der Waals surface area contributed by atoms with E-state index in [-0.39, 0.29) is 19.1 Å². The number of aldehydes is 1. The molecule has 6 atom stereocenters. The number of aliphatic hydroxyl groups excluding tert-OH is 3. The molecule has 0 spiro atoms. The monoisotopic (exact) mass is 401 g/mol. The van der Waals surface area contributed by atoms with Crippen LogP contribution in [0.5, 0.6) is 0 Å². The summed E-state index contributed by atoms with van der Waals surface area (Å²) >= 11 is 0. The Bertz CT molecular complexity index is 640. The molecular weight excluding hydrogens is 374 g/mol. The average molecular weight is 401 g/mol. The van der Waals surface area contributed by atoms with Crippen LogP contribution in [-0.4, -0.2) is 92.9 Å². The van der Waals surface area contributed by atoms with Gasteiger partial charge >= 0.3 is 0 Å². The zero-order valence-electron chi connectivity index (χ0n) is 15.9. The third-order valence-corrected chi connectivity index (χ3v) is 4.29. The van der Waals surface area contributed by atoms with E-state index in [9.17, 15) is 24.9 Å². The number of carbonyl (C=O) groups is 2. The van der Waals surface area contributed by atoms with Crippen molar-refractivity contribution in [3.63, 3.8) is 0 Å². The highest BCUT2D eigenvalue weighted by atomic mass is 16.7. The van der Waals surface area contributed by atoms with Crippen LogP contribution in [0.25, 0.3) is 0 Å². The third kappa shape index (κ3) is 6.12. The first kappa shape index (κ1) is 22.5.